The predicted octanol–water partition coefficient (Wildman–Crippen LogP) is 5.20. The van der Waals surface area contributed by atoms with Gasteiger partial charge in [0, 0.05) is 11.3 Å². The van der Waals surface area contributed by atoms with Gasteiger partial charge in [-0.15, -0.1) is 0 Å². The second kappa shape index (κ2) is 8.35. The highest BCUT2D eigenvalue weighted by Gasteiger charge is 2.47. The number of phenolic OH excluding ortho intramolecular Hbond substituents is 1. The number of anilines is 1. The minimum absolute atomic E-state index is 0.0332. The van der Waals surface area contributed by atoms with Gasteiger partial charge in [0.2, 0.25) is 0 Å². The first-order chi connectivity index (χ1) is 15.3. The Kier molecular flexibility index (Phi) is 5.57. The second-order valence-electron chi connectivity index (χ2n) is 8.03. The van der Waals surface area contributed by atoms with Crippen molar-refractivity contribution in [2.75, 3.05) is 4.90 Å². The zero-order valence-electron chi connectivity index (χ0n) is 18.3. The Hall–Kier alpha value is -3.86. The van der Waals surface area contributed by atoms with Crippen LogP contribution in [0.4, 0.5) is 5.69 Å². The Balaban J connectivity index is 1.95. The number of aryl methyl sites for hydroxylation is 2. The highest BCUT2D eigenvalue weighted by molar-refractivity contribution is 6.51. The molecular weight excluding hydrogens is 402 g/mol. The topological polar surface area (TPSA) is 77.8 Å². The summed E-state index contributed by atoms with van der Waals surface area (Å²) in [6.07, 6.45) is 0.853. The molecule has 4 rings (SSSR count). The number of aromatic hydroxyl groups is 1. The molecule has 2 N–H and O–H groups in total. The minimum Gasteiger partial charge on any atom is -0.508 e. The van der Waals surface area contributed by atoms with Gasteiger partial charge in [-0.3, -0.25) is 14.5 Å². The van der Waals surface area contributed by atoms with Crippen LogP contribution in [-0.4, -0.2) is 21.9 Å². The van der Waals surface area contributed by atoms with Crippen molar-refractivity contribution < 1.29 is 19.8 Å². The molecule has 1 saturated heterocycles. The predicted molar refractivity (Wildman–Crippen MR) is 125 cm³/mol. The molecule has 1 aliphatic rings. The van der Waals surface area contributed by atoms with Gasteiger partial charge in [-0.25, -0.2) is 0 Å². The highest BCUT2D eigenvalue weighted by Crippen LogP contribution is 2.43. The van der Waals surface area contributed by atoms with E-state index < -0.39 is 17.7 Å². The summed E-state index contributed by atoms with van der Waals surface area (Å²) >= 11 is 0. The molecule has 0 radical (unpaired) electrons. The fraction of sp³-hybridized carbons (Fsp3) is 0.185. The third kappa shape index (κ3) is 3.56. The lowest BCUT2D eigenvalue weighted by atomic mass is 9.94. The Morgan fingerprint density at radius 1 is 0.938 bits per heavy atom. The van der Waals surface area contributed by atoms with Crippen molar-refractivity contribution in [3.05, 3.63) is 100 Å². The number of aliphatic hydroxyl groups is 1. The van der Waals surface area contributed by atoms with E-state index >= 15 is 0 Å². The largest absolute Gasteiger partial charge is 0.508 e. The number of rotatable bonds is 4. The lowest BCUT2D eigenvalue weighted by Crippen LogP contribution is -2.30. The van der Waals surface area contributed by atoms with Crippen LogP contribution in [0, 0.1) is 13.8 Å². The van der Waals surface area contributed by atoms with E-state index in [-0.39, 0.29) is 17.1 Å². The molecule has 1 atom stereocenters. The van der Waals surface area contributed by atoms with E-state index in [0.717, 1.165) is 23.1 Å². The number of Topliss-reactive ketones (excluding diaryl/α,β-unsaturated/α-hetero) is 1. The first-order valence-corrected chi connectivity index (χ1v) is 10.6. The van der Waals surface area contributed by atoms with Gasteiger partial charge in [0.15, 0.2) is 0 Å². The molecule has 0 saturated carbocycles. The molecule has 1 aliphatic heterocycles. The molecule has 5 nitrogen and oxygen atoms in total. The van der Waals surface area contributed by atoms with E-state index in [1.807, 2.05) is 45.0 Å². The SMILES string of the molecule is CCc1ccc(/C(O)=C2\C(=O)C(=O)N(c3cccc(C)c3C)C2c2ccc(O)cc2)cc1. The molecule has 5 heteroatoms. The zero-order chi connectivity index (χ0) is 23.0. The number of ketones is 1. The van der Waals surface area contributed by atoms with Crippen LogP contribution in [0.25, 0.3) is 5.76 Å². The molecule has 0 aliphatic carbocycles. The summed E-state index contributed by atoms with van der Waals surface area (Å²) < 4.78 is 0. The van der Waals surface area contributed by atoms with Gasteiger partial charge >= 0.3 is 0 Å². The lowest BCUT2D eigenvalue weighted by Gasteiger charge is -2.27. The Morgan fingerprint density at radius 3 is 2.22 bits per heavy atom. The summed E-state index contributed by atoms with van der Waals surface area (Å²) in [5.41, 5.74) is 4.72. The number of hydrogen-bond donors (Lipinski definition) is 2. The summed E-state index contributed by atoms with van der Waals surface area (Å²) in [5, 5.41) is 20.9. The van der Waals surface area contributed by atoms with E-state index in [1.54, 1.807) is 30.3 Å². The summed E-state index contributed by atoms with van der Waals surface area (Å²) in [7, 11) is 0. The summed E-state index contributed by atoms with van der Waals surface area (Å²) in [6, 6.07) is 18.4. The van der Waals surface area contributed by atoms with Crippen molar-refractivity contribution in [1.29, 1.82) is 0 Å². The van der Waals surface area contributed by atoms with Crippen molar-refractivity contribution in [1.82, 2.24) is 0 Å². The smallest absolute Gasteiger partial charge is 0.300 e. The van der Waals surface area contributed by atoms with Crippen molar-refractivity contribution >= 4 is 23.1 Å². The Morgan fingerprint density at radius 2 is 1.59 bits per heavy atom. The molecular formula is C27H25NO4. The number of carbonyl (C=O) groups excluding carboxylic acids is 2. The standard InChI is InChI=1S/C27H25NO4/c1-4-18-8-10-20(11-9-18)25(30)23-24(19-12-14-21(29)15-13-19)28(27(32)26(23)31)22-7-5-6-16(2)17(22)3/h5-15,24,29-30H,4H2,1-3H3/b25-23+. The normalized spacial score (nSPS) is 17.7. The Labute approximate surface area is 187 Å². The van der Waals surface area contributed by atoms with Crippen LogP contribution in [0.3, 0.4) is 0 Å². The summed E-state index contributed by atoms with van der Waals surface area (Å²) in [5.74, 6) is -1.56. The first-order valence-electron chi connectivity index (χ1n) is 10.6. The fourth-order valence-electron chi connectivity index (χ4n) is 4.10. The molecule has 3 aromatic carbocycles. The summed E-state index contributed by atoms with van der Waals surface area (Å²) in [4.78, 5) is 27.9. The van der Waals surface area contributed by atoms with E-state index in [2.05, 4.69) is 0 Å². The molecule has 1 fully saturated rings. The van der Waals surface area contributed by atoms with Crippen LogP contribution in [-0.2, 0) is 16.0 Å². The maximum Gasteiger partial charge on any atom is 0.300 e. The van der Waals surface area contributed by atoms with Crippen molar-refractivity contribution in [2.45, 2.75) is 33.2 Å². The molecule has 1 unspecified atom stereocenters. The number of phenols is 1. The van der Waals surface area contributed by atoms with Crippen LogP contribution in [0.15, 0.2) is 72.3 Å². The van der Waals surface area contributed by atoms with Crippen LogP contribution in [0.1, 0.15) is 40.8 Å². The van der Waals surface area contributed by atoms with Crippen LogP contribution in [0.2, 0.25) is 0 Å². The highest BCUT2D eigenvalue weighted by atomic mass is 16.3. The molecule has 1 amide bonds. The van der Waals surface area contributed by atoms with E-state index in [1.165, 1.54) is 17.0 Å². The van der Waals surface area contributed by atoms with Gasteiger partial charge in [0.05, 0.1) is 11.6 Å². The maximum atomic E-state index is 13.2. The number of amides is 1. The molecule has 1 heterocycles. The van der Waals surface area contributed by atoms with Crippen LogP contribution >= 0.6 is 0 Å². The third-order valence-corrected chi connectivity index (χ3v) is 6.12. The quantitative estimate of drug-likeness (QED) is 0.341. The van der Waals surface area contributed by atoms with Crippen molar-refractivity contribution in [3.63, 3.8) is 0 Å². The van der Waals surface area contributed by atoms with E-state index in [0.29, 0.717) is 16.8 Å². The van der Waals surface area contributed by atoms with Crippen LogP contribution in [0.5, 0.6) is 5.75 Å². The average Bonchev–Trinajstić information content (AvgIpc) is 3.06. The van der Waals surface area contributed by atoms with Gasteiger partial charge < -0.3 is 10.2 Å². The minimum atomic E-state index is -0.818. The van der Waals surface area contributed by atoms with Gasteiger partial charge in [-0.1, -0.05) is 55.5 Å². The average molecular weight is 428 g/mol. The van der Waals surface area contributed by atoms with Gasteiger partial charge in [-0.05, 0) is 60.7 Å². The van der Waals surface area contributed by atoms with E-state index in [9.17, 15) is 19.8 Å². The molecule has 32 heavy (non-hydrogen) atoms. The van der Waals surface area contributed by atoms with Crippen molar-refractivity contribution in [2.24, 2.45) is 0 Å². The number of aliphatic hydroxyl groups excluding tert-OH is 1. The third-order valence-electron chi connectivity index (χ3n) is 6.12. The zero-order valence-corrected chi connectivity index (χ0v) is 18.3. The number of hydrogen-bond acceptors (Lipinski definition) is 4. The summed E-state index contributed by atoms with van der Waals surface area (Å²) in [6.45, 7) is 5.89. The lowest BCUT2D eigenvalue weighted by molar-refractivity contribution is -0.132. The fourth-order valence-corrected chi connectivity index (χ4v) is 4.10. The number of carbonyl (C=O) groups is 2. The molecule has 0 aromatic heterocycles. The number of benzene rings is 3. The second-order valence-corrected chi connectivity index (χ2v) is 8.03. The monoisotopic (exact) mass is 427 g/mol. The molecule has 162 valence electrons. The Bertz CT molecular complexity index is 1220. The van der Waals surface area contributed by atoms with Crippen LogP contribution < -0.4 is 4.90 Å². The first kappa shape index (κ1) is 21.4. The van der Waals surface area contributed by atoms with Gasteiger partial charge in [-0.2, -0.15) is 0 Å². The van der Waals surface area contributed by atoms with Gasteiger partial charge in [0.1, 0.15) is 11.5 Å². The molecule has 0 bridgehead atoms. The van der Waals surface area contributed by atoms with Gasteiger partial charge in [0.25, 0.3) is 11.7 Å². The molecule has 0 spiro atoms. The number of nitrogens with zero attached hydrogens (tertiary/aromatic N) is 1. The molecule has 3 aromatic rings. The maximum absolute atomic E-state index is 13.2. The van der Waals surface area contributed by atoms with Crippen molar-refractivity contribution in [3.8, 4) is 5.75 Å². The van der Waals surface area contributed by atoms with E-state index in [4.69, 9.17) is 0 Å².